The molecule has 0 aliphatic carbocycles. The van der Waals surface area contributed by atoms with Gasteiger partial charge in [0.2, 0.25) is 23.6 Å². The number of nitrogens with zero attached hydrogens (tertiary/aromatic N) is 2. The first-order chi connectivity index (χ1) is 30.4. The molecule has 15 nitrogen and oxygen atoms in total. The fourth-order valence-electron chi connectivity index (χ4n) is 8.20. The zero-order chi connectivity index (χ0) is 47.5. The summed E-state index contributed by atoms with van der Waals surface area (Å²) in [6.45, 7) is 5.96. The number of fused-ring (bicyclic) bond motifs is 5. The van der Waals surface area contributed by atoms with Crippen LogP contribution in [0.3, 0.4) is 0 Å². The monoisotopic (exact) mass is 893 g/mol. The number of carboxylic acids is 1. The number of aliphatic hydroxyl groups is 1. The van der Waals surface area contributed by atoms with Crippen LogP contribution in [0.5, 0.6) is 11.5 Å². The molecule has 2 aromatic carbocycles. The Kier molecular flexibility index (Phi) is 21.9. The Morgan fingerprint density at radius 3 is 1.91 bits per heavy atom. The maximum Gasteiger partial charge on any atom is 0.326 e. The Morgan fingerprint density at radius 1 is 0.797 bits per heavy atom. The SMILES string of the molecule is CCCCCCCCCCCCCCCC(=O)N(C)[C@H](CO)C(=O)N[C@H](C)C(=O)C[C@H](C)C(=O)N(C)[C@@H]1C(=O)C[C@@H](C)C(=O)N[C@H](C(=O)O)Cc2ccc(O)c(c2)-c2cc1ccc2O. The summed E-state index contributed by atoms with van der Waals surface area (Å²) < 4.78 is 0. The predicted octanol–water partition coefficient (Wildman–Crippen LogP) is 6.39. The fraction of sp³-hybridized carbons (Fsp3) is 0.612. The minimum absolute atomic E-state index is 0.109. The van der Waals surface area contributed by atoms with Crippen molar-refractivity contribution in [2.24, 2.45) is 11.8 Å². The summed E-state index contributed by atoms with van der Waals surface area (Å²) in [6.07, 6.45) is 14.5. The highest BCUT2D eigenvalue weighted by molar-refractivity contribution is 5.97. The summed E-state index contributed by atoms with van der Waals surface area (Å²) in [5, 5.41) is 46.8. The first kappa shape index (κ1) is 53.0. The van der Waals surface area contributed by atoms with Crippen molar-refractivity contribution < 1.29 is 54.0 Å². The number of unbranched alkanes of at least 4 members (excludes halogenated alkanes) is 12. The van der Waals surface area contributed by atoms with Gasteiger partial charge in [-0.05, 0) is 48.7 Å². The van der Waals surface area contributed by atoms with Crippen molar-refractivity contribution in [1.29, 1.82) is 0 Å². The molecule has 2 aromatic rings. The van der Waals surface area contributed by atoms with Gasteiger partial charge in [0.05, 0.1) is 12.6 Å². The van der Waals surface area contributed by atoms with Crippen molar-refractivity contribution in [3.05, 3.63) is 47.5 Å². The van der Waals surface area contributed by atoms with Crippen LogP contribution in [0.2, 0.25) is 0 Å². The third-order valence-corrected chi connectivity index (χ3v) is 12.3. The lowest BCUT2D eigenvalue weighted by molar-refractivity contribution is -0.144. The van der Waals surface area contributed by atoms with Crippen LogP contribution < -0.4 is 10.6 Å². The molecule has 6 atom stereocenters. The first-order valence-electron chi connectivity index (χ1n) is 23.1. The molecule has 0 unspecified atom stereocenters. The second kappa shape index (κ2) is 26.5. The average molecular weight is 893 g/mol. The topological polar surface area (TPSA) is 231 Å². The van der Waals surface area contributed by atoms with E-state index in [4.69, 9.17) is 0 Å². The number of aliphatic carboxylic acids is 1. The zero-order valence-electron chi connectivity index (χ0n) is 38.7. The summed E-state index contributed by atoms with van der Waals surface area (Å²) in [5.41, 5.74) is 0.916. The molecule has 4 amide bonds. The van der Waals surface area contributed by atoms with Gasteiger partial charge in [-0.2, -0.15) is 0 Å². The van der Waals surface area contributed by atoms with E-state index in [1.807, 2.05) is 0 Å². The number of Topliss-reactive ketones (excluding diaryl/α,β-unsaturated/α-hetero) is 2. The Hall–Kier alpha value is -5.31. The van der Waals surface area contributed by atoms with Crippen molar-refractivity contribution in [2.45, 2.75) is 161 Å². The molecule has 1 aliphatic heterocycles. The number of aromatic hydroxyl groups is 2. The molecule has 1 heterocycles. The van der Waals surface area contributed by atoms with Crippen molar-refractivity contribution in [2.75, 3.05) is 20.7 Å². The highest BCUT2D eigenvalue weighted by Crippen LogP contribution is 2.39. The molecule has 3 rings (SSSR count). The minimum Gasteiger partial charge on any atom is -0.507 e. The molecule has 4 bridgehead atoms. The smallest absolute Gasteiger partial charge is 0.326 e. The quantitative estimate of drug-likeness (QED) is 0.0633. The molecule has 0 saturated heterocycles. The highest BCUT2D eigenvalue weighted by atomic mass is 16.4. The van der Waals surface area contributed by atoms with Gasteiger partial charge >= 0.3 is 5.97 Å². The van der Waals surface area contributed by atoms with Gasteiger partial charge in [-0.25, -0.2) is 4.79 Å². The van der Waals surface area contributed by atoms with Crippen molar-refractivity contribution in [1.82, 2.24) is 20.4 Å². The number of nitrogens with one attached hydrogen (secondary N) is 2. The predicted molar refractivity (Wildman–Crippen MR) is 243 cm³/mol. The molecular weight excluding hydrogens is 821 g/mol. The first-order valence-corrected chi connectivity index (χ1v) is 23.1. The molecule has 354 valence electrons. The van der Waals surface area contributed by atoms with Crippen molar-refractivity contribution in [3.8, 4) is 22.6 Å². The third-order valence-electron chi connectivity index (χ3n) is 12.3. The van der Waals surface area contributed by atoms with Gasteiger partial charge in [0.25, 0.3) is 0 Å². The normalized spacial score (nSPS) is 17.9. The number of amides is 4. The minimum atomic E-state index is -1.37. The molecule has 1 aliphatic rings. The number of hydrogen-bond donors (Lipinski definition) is 6. The van der Waals surface area contributed by atoms with Gasteiger partial charge in [0, 0.05) is 62.7 Å². The molecule has 0 fully saturated rings. The van der Waals surface area contributed by atoms with Crippen LogP contribution in [0.4, 0.5) is 0 Å². The van der Waals surface area contributed by atoms with Gasteiger partial charge in [0.1, 0.15) is 29.6 Å². The summed E-state index contributed by atoms with van der Waals surface area (Å²) in [4.78, 5) is 95.5. The number of aliphatic hydroxyl groups excluding tert-OH is 1. The number of ketones is 2. The van der Waals surface area contributed by atoms with E-state index < -0.39 is 84.3 Å². The van der Waals surface area contributed by atoms with Crippen LogP contribution in [0.15, 0.2) is 36.4 Å². The molecule has 0 aromatic heterocycles. The van der Waals surface area contributed by atoms with E-state index in [0.29, 0.717) is 12.0 Å². The van der Waals surface area contributed by atoms with E-state index in [0.717, 1.165) is 24.2 Å². The van der Waals surface area contributed by atoms with Crippen LogP contribution in [0.25, 0.3) is 11.1 Å². The summed E-state index contributed by atoms with van der Waals surface area (Å²) in [7, 11) is 2.81. The van der Waals surface area contributed by atoms with E-state index in [1.165, 1.54) is 134 Å². The second-order valence-corrected chi connectivity index (χ2v) is 17.7. The van der Waals surface area contributed by atoms with Crippen LogP contribution in [0, 0.1) is 11.8 Å². The number of carbonyl (C=O) groups is 7. The molecule has 6 N–H and O–H groups in total. The molecule has 0 saturated carbocycles. The number of carbonyl (C=O) groups excluding carboxylic acids is 6. The molecule has 0 radical (unpaired) electrons. The van der Waals surface area contributed by atoms with Crippen LogP contribution in [-0.2, 0) is 40.0 Å². The van der Waals surface area contributed by atoms with Crippen molar-refractivity contribution >= 4 is 41.2 Å². The van der Waals surface area contributed by atoms with Gasteiger partial charge in [-0.3, -0.25) is 28.8 Å². The van der Waals surface area contributed by atoms with E-state index in [-0.39, 0.29) is 53.4 Å². The largest absolute Gasteiger partial charge is 0.507 e. The number of phenols is 2. The molecule has 0 spiro atoms. The summed E-state index contributed by atoms with van der Waals surface area (Å²) in [5.74, 6) is -7.27. The van der Waals surface area contributed by atoms with Gasteiger partial charge in [-0.1, -0.05) is 110 Å². The number of benzene rings is 2. The van der Waals surface area contributed by atoms with E-state index in [2.05, 4.69) is 17.6 Å². The number of hydrogen-bond acceptors (Lipinski definition) is 10. The standard InChI is InChI=1S/C49H72N4O11/c1-7-8-9-10-11-12-13-14-15-16-17-18-19-20-44(59)52(5)39(30-54)47(61)50-33(4)42(57)26-32(3)48(62)53(6)45-35-22-24-41(56)37(29-35)36-27-34(21-23-40(36)55)28-38(49(63)64)51-46(60)31(2)25-43(45)58/h21-24,27,29,31-33,38-39,45,54-56H,7-20,25-26,28,30H2,1-6H3,(H,50,61)(H,51,60)(H,63,64)/t31-,32+,33-,38+,39-,45+/m1/s1. The molecule has 15 heteroatoms. The van der Waals surface area contributed by atoms with Gasteiger partial charge in [-0.15, -0.1) is 0 Å². The maximum absolute atomic E-state index is 14.1. The number of rotatable bonds is 24. The third kappa shape index (κ3) is 15.7. The lowest BCUT2D eigenvalue weighted by Crippen LogP contribution is -2.53. The lowest BCUT2D eigenvalue weighted by atomic mass is 9.89. The Bertz CT molecular complexity index is 1920. The van der Waals surface area contributed by atoms with Gasteiger partial charge in [0.15, 0.2) is 11.6 Å². The van der Waals surface area contributed by atoms with Crippen molar-refractivity contribution in [3.63, 3.8) is 0 Å². The Morgan fingerprint density at radius 2 is 1.34 bits per heavy atom. The van der Waals surface area contributed by atoms with E-state index in [9.17, 15) is 54.0 Å². The summed E-state index contributed by atoms with van der Waals surface area (Å²) >= 11 is 0. The number of phenolic OH excluding ortho intramolecular Hbond substituents is 2. The molecular formula is C49H72N4O11. The number of carboxylic acid groups (broad SMARTS) is 1. The lowest BCUT2D eigenvalue weighted by Gasteiger charge is -2.31. The second-order valence-electron chi connectivity index (χ2n) is 17.7. The van der Waals surface area contributed by atoms with Crippen LogP contribution in [0.1, 0.15) is 148 Å². The highest BCUT2D eigenvalue weighted by Gasteiger charge is 2.36. The fourth-order valence-corrected chi connectivity index (χ4v) is 8.20. The Balaban J connectivity index is 1.64. The molecule has 64 heavy (non-hydrogen) atoms. The Labute approximate surface area is 378 Å². The van der Waals surface area contributed by atoms with Crippen LogP contribution >= 0.6 is 0 Å². The zero-order valence-corrected chi connectivity index (χ0v) is 38.7. The van der Waals surface area contributed by atoms with E-state index >= 15 is 0 Å². The van der Waals surface area contributed by atoms with E-state index in [1.54, 1.807) is 0 Å². The maximum atomic E-state index is 14.1. The summed E-state index contributed by atoms with van der Waals surface area (Å²) in [6, 6.07) is 3.46. The van der Waals surface area contributed by atoms with Crippen LogP contribution in [-0.4, -0.2) is 110 Å². The number of likely N-dealkylation sites (N-methyl/N-ethyl adjacent to an activating group) is 2. The average Bonchev–Trinajstić information content (AvgIpc) is 3.25. The van der Waals surface area contributed by atoms with Gasteiger partial charge < -0.3 is 40.9 Å².